The van der Waals surface area contributed by atoms with Crippen molar-refractivity contribution in [2.24, 2.45) is 0 Å². The summed E-state index contributed by atoms with van der Waals surface area (Å²) < 4.78 is 0. The van der Waals surface area contributed by atoms with Crippen molar-refractivity contribution >= 4 is 5.91 Å². The van der Waals surface area contributed by atoms with Crippen molar-refractivity contribution in [2.75, 3.05) is 13.2 Å². The largest absolute Gasteiger partial charge is 0.396 e. The smallest absolute Gasteiger partial charge is 0.256 e. The number of aromatic amines is 1. The van der Waals surface area contributed by atoms with E-state index in [0.29, 0.717) is 6.54 Å². The first-order valence-electron chi connectivity index (χ1n) is 5.32. The number of pyridine rings is 1. The molecule has 0 spiro atoms. The van der Waals surface area contributed by atoms with Crippen LogP contribution in [-0.4, -0.2) is 29.1 Å². The van der Waals surface area contributed by atoms with Crippen LogP contribution in [0.1, 0.15) is 29.6 Å². The maximum absolute atomic E-state index is 11.5. The summed E-state index contributed by atoms with van der Waals surface area (Å²) in [6.07, 6.45) is 5.28. The van der Waals surface area contributed by atoms with Gasteiger partial charge in [-0.25, -0.2) is 0 Å². The van der Waals surface area contributed by atoms with Crippen LogP contribution in [0.3, 0.4) is 0 Å². The Hall–Kier alpha value is -1.62. The van der Waals surface area contributed by atoms with E-state index >= 15 is 0 Å². The first-order chi connectivity index (χ1) is 7.75. The Morgan fingerprint density at radius 3 is 2.88 bits per heavy atom. The van der Waals surface area contributed by atoms with Crippen LogP contribution in [0.25, 0.3) is 0 Å². The van der Waals surface area contributed by atoms with E-state index < -0.39 is 0 Å². The molecule has 1 aromatic heterocycles. The van der Waals surface area contributed by atoms with Gasteiger partial charge in [0.15, 0.2) is 5.43 Å². The number of carbonyl (C=O) groups excluding carboxylic acids is 1. The van der Waals surface area contributed by atoms with Gasteiger partial charge in [0.25, 0.3) is 5.91 Å². The van der Waals surface area contributed by atoms with E-state index in [9.17, 15) is 9.59 Å². The molecule has 0 aliphatic heterocycles. The summed E-state index contributed by atoms with van der Waals surface area (Å²) in [6, 6.07) is 1.32. The fraction of sp³-hybridized carbons (Fsp3) is 0.455. The van der Waals surface area contributed by atoms with Crippen LogP contribution in [0.15, 0.2) is 23.3 Å². The van der Waals surface area contributed by atoms with Crippen molar-refractivity contribution in [3.63, 3.8) is 0 Å². The van der Waals surface area contributed by atoms with Gasteiger partial charge in [0.2, 0.25) is 0 Å². The summed E-state index contributed by atoms with van der Waals surface area (Å²) in [5.74, 6) is -0.356. The van der Waals surface area contributed by atoms with Crippen molar-refractivity contribution < 1.29 is 9.90 Å². The topological polar surface area (TPSA) is 82.2 Å². The second kappa shape index (κ2) is 6.79. The first kappa shape index (κ1) is 12.4. The molecule has 1 rings (SSSR count). The number of rotatable bonds is 6. The summed E-state index contributed by atoms with van der Waals surface area (Å²) in [7, 11) is 0. The van der Waals surface area contributed by atoms with Gasteiger partial charge in [-0.2, -0.15) is 0 Å². The van der Waals surface area contributed by atoms with Gasteiger partial charge in [0, 0.05) is 31.6 Å². The van der Waals surface area contributed by atoms with Gasteiger partial charge in [-0.3, -0.25) is 9.59 Å². The number of hydrogen-bond donors (Lipinski definition) is 3. The minimum Gasteiger partial charge on any atom is -0.396 e. The summed E-state index contributed by atoms with van der Waals surface area (Å²) >= 11 is 0. The standard InChI is InChI=1S/C11H16N2O3/c14-7-3-1-2-5-13-11(16)9-8-12-6-4-10(9)15/h4,6,8,14H,1-3,5,7H2,(H,12,15)(H,13,16). The highest BCUT2D eigenvalue weighted by molar-refractivity contribution is 5.93. The van der Waals surface area contributed by atoms with Crippen LogP contribution in [0.2, 0.25) is 0 Å². The highest BCUT2D eigenvalue weighted by atomic mass is 16.2. The number of amides is 1. The number of hydrogen-bond acceptors (Lipinski definition) is 3. The maximum atomic E-state index is 11.5. The third kappa shape index (κ3) is 3.86. The highest BCUT2D eigenvalue weighted by Crippen LogP contribution is 1.93. The Kier molecular flexibility index (Phi) is 5.28. The predicted octanol–water partition coefficient (Wildman–Crippen LogP) is 0.267. The lowest BCUT2D eigenvalue weighted by atomic mass is 10.2. The summed E-state index contributed by atoms with van der Waals surface area (Å²) in [5.41, 5.74) is -0.156. The molecule has 0 atom stereocenters. The Labute approximate surface area is 93.5 Å². The van der Waals surface area contributed by atoms with E-state index in [1.54, 1.807) is 0 Å². The highest BCUT2D eigenvalue weighted by Gasteiger charge is 2.07. The average Bonchev–Trinajstić information content (AvgIpc) is 2.29. The summed E-state index contributed by atoms with van der Waals surface area (Å²) in [4.78, 5) is 25.5. The molecule has 0 aliphatic rings. The van der Waals surface area contributed by atoms with Crippen molar-refractivity contribution in [1.82, 2.24) is 10.3 Å². The molecule has 0 bridgehead atoms. The second-order valence-electron chi connectivity index (χ2n) is 3.46. The molecular formula is C11H16N2O3. The van der Waals surface area contributed by atoms with E-state index in [2.05, 4.69) is 10.3 Å². The minimum atomic E-state index is -0.356. The Balaban J connectivity index is 2.36. The van der Waals surface area contributed by atoms with Crippen molar-refractivity contribution in [2.45, 2.75) is 19.3 Å². The third-order valence-electron chi connectivity index (χ3n) is 2.19. The molecule has 3 N–H and O–H groups in total. The van der Waals surface area contributed by atoms with E-state index in [0.717, 1.165) is 19.3 Å². The fourth-order valence-corrected chi connectivity index (χ4v) is 1.30. The number of H-pyrrole nitrogens is 1. The Bertz CT molecular complexity index is 387. The zero-order valence-corrected chi connectivity index (χ0v) is 9.03. The molecule has 1 aromatic rings. The molecule has 0 aliphatic carbocycles. The second-order valence-corrected chi connectivity index (χ2v) is 3.46. The molecule has 0 aromatic carbocycles. The lowest BCUT2D eigenvalue weighted by molar-refractivity contribution is 0.0951. The number of carbonyl (C=O) groups is 1. The number of aliphatic hydroxyl groups is 1. The monoisotopic (exact) mass is 224 g/mol. The van der Waals surface area contributed by atoms with Gasteiger partial charge in [-0.05, 0) is 19.3 Å². The molecular weight excluding hydrogens is 208 g/mol. The van der Waals surface area contributed by atoms with Crippen LogP contribution in [0, 0.1) is 0 Å². The Morgan fingerprint density at radius 2 is 2.19 bits per heavy atom. The molecule has 0 radical (unpaired) electrons. The Morgan fingerprint density at radius 1 is 1.38 bits per heavy atom. The molecule has 0 fully saturated rings. The molecule has 0 unspecified atom stereocenters. The fourth-order valence-electron chi connectivity index (χ4n) is 1.30. The zero-order valence-electron chi connectivity index (χ0n) is 9.03. The SMILES string of the molecule is O=C(NCCCCCO)c1c[nH]ccc1=O. The minimum absolute atomic E-state index is 0.129. The summed E-state index contributed by atoms with van der Waals surface area (Å²) in [5, 5.41) is 11.2. The number of aliphatic hydroxyl groups excluding tert-OH is 1. The first-order valence-corrected chi connectivity index (χ1v) is 5.32. The molecule has 1 amide bonds. The predicted molar refractivity (Wildman–Crippen MR) is 60.3 cm³/mol. The van der Waals surface area contributed by atoms with E-state index in [1.807, 2.05) is 0 Å². The van der Waals surface area contributed by atoms with Crippen molar-refractivity contribution in [3.8, 4) is 0 Å². The van der Waals surface area contributed by atoms with Crippen LogP contribution in [0.4, 0.5) is 0 Å². The van der Waals surface area contributed by atoms with Gasteiger partial charge in [-0.1, -0.05) is 0 Å². The van der Waals surface area contributed by atoms with Crippen LogP contribution in [0.5, 0.6) is 0 Å². The normalized spacial score (nSPS) is 10.1. The van der Waals surface area contributed by atoms with E-state index in [1.165, 1.54) is 18.5 Å². The number of nitrogens with one attached hydrogen (secondary N) is 2. The van der Waals surface area contributed by atoms with Gasteiger partial charge >= 0.3 is 0 Å². The lowest BCUT2D eigenvalue weighted by Gasteiger charge is -2.03. The molecule has 16 heavy (non-hydrogen) atoms. The third-order valence-corrected chi connectivity index (χ3v) is 2.19. The maximum Gasteiger partial charge on any atom is 0.256 e. The number of aromatic nitrogens is 1. The molecule has 1 heterocycles. The zero-order chi connectivity index (χ0) is 11.8. The van der Waals surface area contributed by atoms with E-state index in [4.69, 9.17) is 5.11 Å². The van der Waals surface area contributed by atoms with Crippen LogP contribution >= 0.6 is 0 Å². The van der Waals surface area contributed by atoms with Gasteiger partial charge < -0.3 is 15.4 Å². The van der Waals surface area contributed by atoms with Crippen molar-refractivity contribution in [1.29, 1.82) is 0 Å². The number of unbranched alkanes of at least 4 members (excludes halogenated alkanes) is 2. The molecule has 5 heteroatoms. The quantitative estimate of drug-likeness (QED) is 0.606. The summed E-state index contributed by atoms with van der Waals surface area (Å²) in [6.45, 7) is 0.694. The van der Waals surface area contributed by atoms with Gasteiger partial charge in [0.1, 0.15) is 5.56 Å². The van der Waals surface area contributed by atoms with Crippen molar-refractivity contribution in [3.05, 3.63) is 34.2 Å². The molecule has 5 nitrogen and oxygen atoms in total. The molecule has 88 valence electrons. The average molecular weight is 224 g/mol. The van der Waals surface area contributed by atoms with Crippen LogP contribution < -0.4 is 10.7 Å². The van der Waals surface area contributed by atoms with Gasteiger partial charge in [-0.15, -0.1) is 0 Å². The van der Waals surface area contributed by atoms with Crippen LogP contribution in [-0.2, 0) is 0 Å². The van der Waals surface area contributed by atoms with Gasteiger partial charge in [0.05, 0.1) is 0 Å². The molecule has 0 saturated carbocycles. The molecule has 0 saturated heterocycles. The van der Waals surface area contributed by atoms with E-state index in [-0.39, 0.29) is 23.5 Å². The lowest BCUT2D eigenvalue weighted by Crippen LogP contribution is -2.29.